The molecule has 132 valence electrons. The molecule has 4 nitrogen and oxygen atoms in total. The third-order valence-electron chi connectivity index (χ3n) is 5.51. The van der Waals surface area contributed by atoms with Gasteiger partial charge in [0.05, 0.1) is 24.4 Å². The smallest absolute Gasteiger partial charge is 0.154 e. The maximum absolute atomic E-state index is 11.2. The van der Waals surface area contributed by atoms with Crippen LogP contribution in [0.1, 0.15) is 66.2 Å². The minimum atomic E-state index is -0.683. The molecule has 0 radical (unpaired) electrons. The second kappa shape index (κ2) is 7.45. The fraction of sp³-hybridized carbons (Fsp3) is 0.842. The number of hydrogen-bond donors (Lipinski definition) is 1. The molecule has 0 amide bonds. The molecule has 2 fully saturated rings. The Morgan fingerprint density at radius 3 is 2.83 bits per heavy atom. The number of hydrogen-bond acceptors (Lipinski definition) is 4. The van der Waals surface area contributed by atoms with Gasteiger partial charge in [0.15, 0.2) is 6.29 Å². The van der Waals surface area contributed by atoms with E-state index in [1.165, 1.54) is 5.57 Å². The SMILES string of the molecule is CC(C)=CCC(O)C(C)CCC[C@]1(C)OC[C@]2(C=O)CC[C@H]1O2. The second-order valence-electron chi connectivity index (χ2n) is 7.88. The number of aliphatic hydroxyl groups is 1. The highest BCUT2D eigenvalue weighted by Crippen LogP contribution is 2.43. The molecule has 2 heterocycles. The number of carbonyl (C=O) groups excluding carboxylic acids is 1. The lowest BCUT2D eigenvalue weighted by Crippen LogP contribution is -2.53. The highest BCUT2D eigenvalue weighted by molar-refractivity contribution is 5.63. The molecule has 23 heavy (non-hydrogen) atoms. The zero-order valence-corrected chi connectivity index (χ0v) is 15.0. The molecular formula is C19H32O4. The van der Waals surface area contributed by atoms with Crippen molar-refractivity contribution in [2.45, 2.75) is 89.6 Å². The van der Waals surface area contributed by atoms with E-state index in [2.05, 4.69) is 33.8 Å². The highest BCUT2D eigenvalue weighted by atomic mass is 16.6. The molecule has 1 N–H and O–H groups in total. The van der Waals surface area contributed by atoms with Crippen LogP contribution in [-0.2, 0) is 14.3 Å². The van der Waals surface area contributed by atoms with Crippen molar-refractivity contribution in [3.8, 4) is 0 Å². The van der Waals surface area contributed by atoms with Gasteiger partial charge < -0.3 is 19.4 Å². The Balaban J connectivity index is 1.78. The van der Waals surface area contributed by atoms with E-state index in [0.717, 1.165) is 44.8 Å². The maximum Gasteiger partial charge on any atom is 0.154 e. The van der Waals surface area contributed by atoms with E-state index in [1.807, 2.05) is 0 Å². The van der Waals surface area contributed by atoms with Gasteiger partial charge in [-0.2, -0.15) is 0 Å². The normalized spacial score (nSPS) is 35.6. The Kier molecular flexibility index (Phi) is 6.04. The Morgan fingerprint density at radius 1 is 1.43 bits per heavy atom. The van der Waals surface area contributed by atoms with Crippen molar-refractivity contribution in [3.05, 3.63) is 11.6 Å². The van der Waals surface area contributed by atoms with Crippen LogP contribution in [0.3, 0.4) is 0 Å². The van der Waals surface area contributed by atoms with Gasteiger partial charge in [-0.05, 0) is 58.8 Å². The summed E-state index contributed by atoms with van der Waals surface area (Å²) in [6.07, 6.45) is 8.02. The van der Waals surface area contributed by atoms with Crippen molar-refractivity contribution in [1.29, 1.82) is 0 Å². The van der Waals surface area contributed by atoms with Crippen LogP contribution in [0, 0.1) is 5.92 Å². The molecule has 2 aliphatic rings. The van der Waals surface area contributed by atoms with Crippen LogP contribution in [0.5, 0.6) is 0 Å². The van der Waals surface area contributed by atoms with Gasteiger partial charge in [-0.15, -0.1) is 0 Å². The first-order valence-corrected chi connectivity index (χ1v) is 8.90. The average molecular weight is 324 g/mol. The van der Waals surface area contributed by atoms with Crippen LogP contribution in [0.2, 0.25) is 0 Å². The van der Waals surface area contributed by atoms with Crippen molar-refractivity contribution >= 4 is 6.29 Å². The van der Waals surface area contributed by atoms with Gasteiger partial charge in [0.2, 0.25) is 0 Å². The third-order valence-corrected chi connectivity index (χ3v) is 5.51. The standard InChI is InChI=1S/C19H32O4/c1-14(2)7-8-16(21)15(3)6-5-10-18(4)17-9-11-19(12-20,23-17)13-22-18/h7,12,15-17,21H,5-6,8-11,13H2,1-4H3/t15?,16?,17-,18+,19-/m1/s1. The fourth-order valence-corrected chi connectivity index (χ4v) is 3.60. The third kappa shape index (κ3) is 4.43. The van der Waals surface area contributed by atoms with Crippen LogP contribution in [0.4, 0.5) is 0 Å². The number of allylic oxidation sites excluding steroid dienone is 1. The lowest BCUT2D eigenvalue weighted by Gasteiger charge is -2.42. The molecule has 0 saturated carbocycles. The Hall–Kier alpha value is -0.710. The zero-order chi connectivity index (χ0) is 17.1. The average Bonchev–Trinajstić information content (AvgIpc) is 2.91. The predicted octanol–water partition coefficient (Wildman–Crippen LogP) is 3.42. The number of fused-ring (bicyclic) bond motifs is 2. The summed E-state index contributed by atoms with van der Waals surface area (Å²) in [5.74, 6) is 0.274. The topological polar surface area (TPSA) is 55.8 Å². The molecule has 2 saturated heterocycles. The van der Waals surface area contributed by atoms with Gasteiger partial charge in [0, 0.05) is 0 Å². The van der Waals surface area contributed by atoms with Crippen molar-refractivity contribution in [1.82, 2.24) is 0 Å². The summed E-state index contributed by atoms with van der Waals surface area (Å²) in [5, 5.41) is 10.2. The number of rotatable bonds is 8. The summed E-state index contributed by atoms with van der Waals surface area (Å²) in [6.45, 7) is 8.69. The monoisotopic (exact) mass is 324 g/mol. The predicted molar refractivity (Wildman–Crippen MR) is 90.3 cm³/mol. The van der Waals surface area contributed by atoms with Crippen LogP contribution in [0.15, 0.2) is 11.6 Å². The second-order valence-corrected chi connectivity index (χ2v) is 7.88. The number of aliphatic hydroxyl groups excluding tert-OH is 1. The lowest BCUT2D eigenvalue weighted by atomic mass is 9.87. The highest BCUT2D eigenvalue weighted by Gasteiger charge is 2.53. The molecule has 0 aliphatic carbocycles. The van der Waals surface area contributed by atoms with Crippen LogP contribution in [0.25, 0.3) is 0 Å². The summed E-state index contributed by atoms with van der Waals surface area (Å²) in [4.78, 5) is 11.2. The first kappa shape index (κ1) is 18.6. The molecule has 2 rings (SSSR count). The maximum atomic E-state index is 11.2. The van der Waals surface area contributed by atoms with Gasteiger partial charge in [-0.25, -0.2) is 0 Å². The van der Waals surface area contributed by atoms with Gasteiger partial charge in [0.25, 0.3) is 0 Å². The van der Waals surface area contributed by atoms with E-state index in [9.17, 15) is 9.90 Å². The van der Waals surface area contributed by atoms with Gasteiger partial charge in [-0.3, -0.25) is 0 Å². The Morgan fingerprint density at radius 2 is 2.17 bits per heavy atom. The van der Waals surface area contributed by atoms with Gasteiger partial charge in [0.1, 0.15) is 5.60 Å². The summed E-state index contributed by atoms with van der Waals surface area (Å²) < 4.78 is 12.0. The lowest BCUT2D eigenvalue weighted by molar-refractivity contribution is -0.230. The molecule has 0 aromatic rings. The first-order valence-electron chi connectivity index (χ1n) is 8.90. The summed E-state index contributed by atoms with van der Waals surface area (Å²) in [5.41, 5.74) is 0.266. The van der Waals surface area contributed by atoms with Crippen LogP contribution in [-0.4, -0.2) is 41.4 Å². The van der Waals surface area contributed by atoms with E-state index in [1.54, 1.807) is 0 Å². The summed E-state index contributed by atoms with van der Waals surface area (Å²) in [6, 6.07) is 0. The van der Waals surface area contributed by atoms with Crippen molar-refractivity contribution in [2.75, 3.05) is 6.61 Å². The summed E-state index contributed by atoms with van der Waals surface area (Å²) in [7, 11) is 0. The Bertz CT molecular complexity index is 443. The van der Waals surface area contributed by atoms with E-state index in [0.29, 0.717) is 6.61 Å². The van der Waals surface area contributed by atoms with E-state index in [-0.39, 0.29) is 23.7 Å². The van der Waals surface area contributed by atoms with E-state index in [4.69, 9.17) is 9.47 Å². The van der Waals surface area contributed by atoms with Crippen molar-refractivity contribution in [2.24, 2.45) is 5.92 Å². The Labute approximate surface area is 140 Å². The van der Waals surface area contributed by atoms with Gasteiger partial charge >= 0.3 is 0 Å². The molecule has 5 atom stereocenters. The first-order chi connectivity index (χ1) is 10.8. The van der Waals surface area contributed by atoms with E-state index < -0.39 is 5.60 Å². The molecule has 2 aliphatic heterocycles. The van der Waals surface area contributed by atoms with Crippen molar-refractivity contribution < 1.29 is 19.4 Å². The largest absolute Gasteiger partial charge is 0.393 e. The molecular weight excluding hydrogens is 292 g/mol. The molecule has 0 aromatic heterocycles. The number of aldehydes is 1. The molecule has 2 unspecified atom stereocenters. The minimum Gasteiger partial charge on any atom is -0.393 e. The summed E-state index contributed by atoms with van der Waals surface area (Å²) >= 11 is 0. The van der Waals surface area contributed by atoms with Gasteiger partial charge in [-0.1, -0.05) is 25.0 Å². The van der Waals surface area contributed by atoms with E-state index >= 15 is 0 Å². The molecule has 0 aromatic carbocycles. The minimum absolute atomic E-state index is 0.0207. The van der Waals surface area contributed by atoms with Crippen molar-refractivity contribution in [3.63, 3.8) is 0 Å². The zero-order valence-electron chi connectivity index (χ0n) is 15.0. The van der Waals surface area contributed by atoms with Crippen LogP contribution >= 0.6 is 0 Å². The number of carbonyl (C=O) groups is 1. The quantitative estimate of drug-likeness (QED) is 0.549. The molecule has 2 bridgehead atoms. The molecule has 0 spiro atoms. The number of ether oxygens (including phenoxy) is 2. The molecule has 4 heteroatoms. The van der Waals surface area contributed by atoms with Crippen LogP contribution < -0.4 is 0 Å². The fourth-order valence-electron chi connectivity index (χ4n) is 3.60.